The van der Waals surface area contributed by atoms with Crippen molar-refractivity contribution in [3.63, 3.8) is 0 Å². The van der Waals surface area contributed by atoms with Crippen molar-refractivity contribution in [2.75, 3.05) is 13.1 Å². The van der Waals surface area contributed by atoms with E-state index in [1.807, 2.05) is 44.3 Å². The number of nitrogens with zero attached hydrogens (tertiary/aromatic N) is 2. The Balaban J connectivity index is 1.45. The number of pyridine rings is 1. The third-order valence-corrected chi connectivity index (χ3v) is 6.06. The fourth-order valence-electron chi connectivity index (χ4n) is 4.68. The topological polar surface area (TPSA) is 54.5 Å². The van der Waals surface area contributed by atoms with Crippen LogP contribution in [0.15, 0.2) is 48.7 Å². The summed E-state index contributed by atoms with van der Waals surface area (Å²) in [6, 6.07) is 14.5. The Kier molecular flexibility index (Phi) is 5.86. The summed E-state index contributed by atoms with van der Waals surface area (Å²) in [5.41, 5.74) is 2.12. The van der Waals surface area contributed by atoms with Gasteiger partial charge >= 0.3 is 0 Å². The second-order valence-electron chi connectivity index (χ2n) is 8.75. The van der Waals surface area contributed by atoms with E-state index in [4.69, 9.17) is 4.74 Å². The molecule has 1 fully saturated rings. The molecule has 2 aromatic rings. The van der Waals surface area contributed by atoms with Crippen LogP contribution in [-0.4, -0.2) is 40.5 Å². The highest BCUT2D eigenvalue weighted by molar-refractivity contribution is 5.77. The summed E-state index contributed by atoms with van der Waals surface area (Å²) in [6.45, 7) is 6.88. The molecule has 1 aromatic heterocycles. The van der Waals surface area contributed by atoms with Crippen LogP contribution in [0.3, 0.4) is 0 Å². The number of para-hydroxylation sites is 1. The number of ether oxygens (including phenoxy) is 1. The van der Waals surface area contributed by atoms with E-state index in [1.165, 1.54) is 5.56 Å². The van der Waals surface area contributed by atoms with Gasteiger partial charge in [-0.05, 0) is 56.9 Å². The molecule has 4 rings (SSSR count). The third-order valence-electron chi connectivity index (χ3n) is 6.06. The van der Waals surface area contributed by atoms with Gasteiger partial charge in [-0.2, -0.15) is 0 Å². The summed E-state index contributed by atoms with van der Waals surface area (Å²) in [7, 11) is 0. The molecule has 3 heterocycles. The summed E-state index contributed by atoms with van der Waals surface area (Å²) in [4.78, 5) is 19.4. The number of piperidine rings is 1. The van der Waals surface area contributed by atoms with Crippen molar-refractivity contribution in [3.8, 4) is 5.75 Å². The number of fused-ring (bicyclic) bond motifs is 1. The predicted octanol–water partition coefficient (Wildman–Crippen LogP) is 3.90. The van der Waals surface area contributed by atoms with E-state index in [-0.39, 0.29) is 23.5 Å². The first-order valence-electron chi connectivity index (χ1n) is 10.7. The Hall–Kier alpha value is -2.40. The van der Waals surface area contributed by atoms with Crippen LogP contribution in [-0.2, 0) is 11.3 Å². The maximum atomic E-state index is 12.5. The van der Waals surface area contributed by atoms with Gasteiger partial charge in [-0.3, -0.25) is 14.7 Å². The molecule has 1 saturated heterocycles. The van der Waals surface area contributed by atoms with Gasteiger partial charge in [0, 0.05) is 44.2 Å². The fraction of sp³-hybridized carbons (Fsp3) is 0.500. The molecule has 1 aromatic carbocycles. The van der Waals surface area contributed by atoms with E-state index in [0.29, 0.717) is 6.42 Å². The maximum absolute atomic E-state index is 12.5. The highest BCUT2D eigenvalue weighted by atomic mass is 16.5. The molecule has 1 unspecified atom stereocenters. The average Bonchev–Trinajstić information content (AvgIpc) is 2.70. The van der Waals surface area contributed by atoms with Crippen LogP contribution in [0.4, 0.5) is 0 Å². The van der Waals surface area contributed by atoms with Crippen LogP contribution >= 0.6 is 0 Å². The molecule has 2 aliphatic rings. The van der Waals surface area contributed by atoms with Crippen molar-refractivity contribution in [1.82, 2.24) is 15.2 Å². The second kappa shape index (κ2) is 8.54. The fourth-order valence-corrected chi connectivity index (χ4v) is 4.68. The van der Waals surface area contributed by atoms with Gasteiger partial charge in [0.1, 0.15) is 11.4 Å². The number of benzene rings is 1. The Morgan fingerprint density at radius 2 is 1.97 bits per heavy atom. The Bertz CT molecular complexity index is 829. The van der Waals surface area contributed by atoms with Gasteiger partial charge in [-0.25, -0.2) is 0 Å². The van der Waals surface area contributed by atoms with E-state index in [0.717, 1.165) is 50.3 Å². The van der Waals surface area contributed by atoms with E-state index in [1.54, 1.807) is 0 Å². The molecule has 0 aliphatic carbocycles. The molecule has 1 amide bonds. The SMILES string of the molecule is CC(C)NC(=O)CC1CC2(CCN(Cc3ccccn3)CC2)Oc2ccccc21. The van der Waals surface area contributed by atoms with Crippen LogP contribution < -0.4 is 10.1 Å². The van der Waals surface area contributed by atoms with E-state index in [9.17, 15) is 4.79 Å². The van der Waals surface area contributed by atoms with Crippen LogP contribution in [0.5, 0.6) is 5.75 Å². The van der Waals surface area contributed by atoms with E-state index >= 15 is 0 Å². The highest BCUT2D eigenvalue weighted by Gasteiger charge is 2.43. The largest absolute Gasteiger partial charge is 0.487 e. The van der Waals surface area contributed by atoms with Crippen LogP contribution in [0, 0.1) is 0 Å². The number of carbonyl (C=O) groups is 1. The van der Waals surface area contributed by atoms with Crippen molar-refractivity contribution >= 4 is 5.91 Å². The van der Waals surface area contributed by atoms with Gasteiger partial charge in [0.25, 0.3) is 0 Å². The first-order chi connectivity index (χ1) is 14.0. The van der Waals surface area contributed by atoms with E-state index < -0.39 is 0 Å². The average molecular weight is 394 g/mol. The summed E-state index contributed by atoms with van der Waals surface area (Å²) in [5, 5.41) is 3.05. The van der Waals surface area contributed by atoms with Gasteiger partial charge in [-0.15, -0.1) is 0 Å². The molecule has 0 saturated carbocycles. The zero-order chi connectivity index (χ0) is 20.3. The molecule has 2 aliphatic heterocycles. The van der Waals surface area contributed by atoms with Crippen molar-refractivity contribution in [1.29, 1.82) is 0 Å². The predicted molar refractivity (Wildman–Crippen MR) is 114 cm³/mol. The molecule has 0 bridgehead atoms. The number of nitrogens with one attached hydrogen (secondary N) is 1. The third kappa shape index (κ3) is 4.78. The minimum Gasteiger partial charge on any atom is -0.487 e. The van der Waals surface area contributed by atoms with Gasteiger partial charge in [0.05, 0.1) is 5.69 Å². The second-order valence-corrected chi connectivity index (χ2v) is 8.75. The van der Waals surface area contributed by atoms with Crippen molar-refractivity contribution < 1.29 is 9.53 Å². The monoisotopic (exact) mass is 393 g/mol. The molecule has 1 N–H and O–H groups in total. The Labute approximate surface area is 173 Å². The zero-order valence-corrected chi connectivity index (χ0v) is 17.4. The molecule has 1 atom stereocenters. The van der Waals surface area contributed by atoms with Crippen LogP contribution in [0.25, 0.3) is 0 Å². The zero-order valence-electron chi connectivity index (χ0n) is 17.4. The lowest BCUT2D eigenvalue weighted by atomic mass is 9.76. The molecular weight excluding hydrogens is 362 g/mol. The van der Waals surface area contributed by atoms with E-state index in [2.05, 4.69) is 33.4 Å². The molecule has 154 valence electrons. The number of aromatic nitrogens is 1. The number of rotatable bonds is 5. The lowest BCUT2D eigenvalue weighted by Crippen LogP contribution is -2.50. The maximum Gasteiger partial charge on any atom is 0.220 e. The molecule has 0 radical (unpaired) electrons. The summed E-state index contributed by atoms with van der Waals surface area (Å²) < 4.78 is 6.58. The van der Waals surface area contributed by atoms with Crippen molar-refractivity contribution in [2.45, 2.75) is 63.6 Å². The molecule has 5 nitrogen and oxygen atoms in total. The number of hydrogen-bond donors (Lipinski definition) is 1. The van der Waals surface area contributed by atoms with Crippen molar-refractivity contribution in [2.24, 2.45) is 0 Å². The Morgan fingerprint density at radius 1 is 1.21 bits per heavy atom. The normalized spacial score (nSPS) is 20.9. The Morgan fingerprint density at radius 3 is 2.69 bits per heavy atom. The lowest BCUT2D eigenvalue weighted by molar-refractivity contribution is -0.122. The van der Waals surface area contributed by atoms with Gasteiger partial charge in [0.2, 0.25) is 5.91 Å². The first kappa shape index (κ1) is 19.9. The molecular formula is C24H31N3O2. The lowest BCUT2D eigenvalue weighted by Gasteiger charge is -2.47. The number of likely N-dealkylation sites (tertiary alicyclic amines) is 1. The summed E-state index contributed by atoms with van der Waals surface area (Å²) in [5.74, 6) is 1.30. The quantitative estimate of drug-likeness (QED) is 0.837. The number of amides is 1. The number of carbonyl (C=O) groups excluding carboxylic acids is 1. The minimum absolute atomic E-state index is 0.129. The smallest absolute Gasteiger partial charge is 0.220 e. The minimum atomic E-state index is -0.169. The highest BCUT2D eigenvalue weighted by Crippen LogP contribution is 2.46. The van der Waals surface area contributed by atoms with Crippen LogP contribution in [0.2, 0.25) is 0 Å². The molecule has 1 spiro atoms. The van der Waals surface area contributed by atoms with Crippen molar-refractivity contribution in [3.05, 3.63) is 59.9 Å². The molecule has 29 heavy (non-hydrogen) atoms. The first-order valence-corrected chi connectivity index (χ1v) is 10.7. The summed E-state index contributed by atoms with van der Waals surface area (Å²) >= 11 is 0. The van der Waals surface area contributed by atoms with Gasteiger partial charge < -0.3 is 10.1 Å². The summed E-state index contributed by atoms with van der Waals surface area (Å²) in [6.07, 6.45) is 5.26. The molecule has 5 heteroatoms. The van der Waals surface area contributed by atoms with Crippen LogP contribution in [0.1, 0.15) is 56.7 Å². The standard InChI is InChI=1S/C24H31N3O2/c1-18(2)26-23(28)15-19-16-24(29-22-9-4-3-8-21(19)22)10-13-27(14-11-24)17-20-7-5-6-12-25-20/h3-9,12,18-19H,10-11,13-17H2,1-2H3,(H,26,28). The van der Waals surface area contributed by atoms with Gasteiger partial charge in [-0.1, -0.05) is 24.3 Å². The number of hydrogen-bond acceptors (Lipinski definition) is 4. The van der Waals surface area contributed by atoms with Gasteiger partial charge in [0.15, 0.2) is 0 Å².